The fraction of sp³-hybridized carbons (Fsp3) is 0.625. The predicted molar refractivity (Wildman–Crippen MR) is 82.5 cm³/mol. The molecule has 116 valence electrons. The summed E-state index contributed by atoms with van der Waals surface area (Å²) in [6, 6.07) is 1.89. The highest BCUT2D eigenvalue weighted by atomic mass is 16.3. The lowest BCUT2D eigenvalue weighted by Gasteiger charge is -2.30. The molecule has 1 N–H and O–H groups in total. The van der Waals surface area contributed by atoms with E-state index in [1.54, 1.807) is 30.3 Å². The van der Waals surface area contributed by atoms with Crippen LogP contribution in [-0.2, 0) is 11.3 Å². The molecule has 0 aliphatic heterocycles. The molecule has 0 bridgehead atoms. The average Bonchev–Trinajstić information content (AvgIpc) is 2.94. The molecule has 5 heteroatoms. The number of hydrogen-bond acceptors (Lipinski definition) is 3. The highest BCUT2D eigenvalue weighted by molar-refractivity contribution is 5.91. The minimum absolute atomic E-state index is 0.0309. The molecule has 21 heavy (non-hydrogen) atoms. The minimum atomic E-state index is -0.264. The van der Waals surface area contributed by atoms with Gasteiger partial charge in [-0.05, 0) is 31.9 Å². The molecule has 0 saturated heterocycles. The number of amides is 1. The smallest absolute Gasteiger partial charge is 0.246 e. The number of carbonyl (C=O) groups excluding carboxylic acids is 1. The maximum absolute atomic E-state index is 12.1. The molecule has 0 spiro atoms. The van der Waals surface area contributed by atoms with Gasteiger partial charge in [-0.2, -0.15) is 5.10 Å². The topological polar surface area (TPSA) is 58.4 Å². The van der Waals surface area contributed by atoms with Crippen LogP contribution in [-0.4, -0.2) is 45.4 Å². The van der Waals surface area contributed by atoms with Crippen LogP contribution in [0.5, 0.6) is 0 Å². The maximum atomic E-state index is 12.1. The molecule has 1 heterocycles. The molecule has 1 saturated carbocycles. The molecule has 1 aliphatic carbocycles. The highest BCUT2D eigenvalue weighted by Gasteiger charge is 2.25. The van der Waals surface area contributed by atoms with Gasteiger partial charge in [-0.25, -0.2) is 0 Å². The number of nitrogens with zero attached hydrogens (tertiary/aromatic N) is 3. The molecule has 0 aromatic carbocycles. The van der Waals surface area contributed by atoms with Crippen molar-refractivity contribution in [3.63, 3.8) is 0 Å². The second-order valence-corrected chi connectivity index (χ2v) is 5.74. The lowest BCUT2D eigenvalue weighted by molar-refractivity contribution is -0.126. The van der Waals surface area contributed by atoms with Gasteiger partial charge in [0.1, 0.15) is 0 Å². The van der Waals surface area contributed by atoms with Gasteiger partial charge >= 0.3 is 0 Å². The fourth-order valence-electron chi connectivity index (χ4n) is 2.88. The molecule has 2 unspecified atom stereocenters. The van der Waals surface area contributed by atoms with E-state index in [4.69, 9.17) is 0 Å². The van der Waals surface area contributed by atoms with E-state index in [0.29, 0.717) is 6.54 Å². The van der Waals surface area contributed by atoms with Gasteiger partial charge in [0.2, 0.25) is 5.91 Å². The van der Waals surface area contributed by atoms with Gasteiger partial charge in [-0.1, -0.05) is 12.8 Å². The van der Waals surface area contributed by atoms with Crippen molar-refractivity contribution in [3.8, 4) is 0 Å². The van der Waals surface area contributed by atoms with Gasteiger partial charge in [-0.3, -0.25) is 9.48 Å². The maximum Gasteiger partial charge on any atom is 0.246 e. The summed E-state index contributed by atoms with van der Waals surface area (Å²) < 4.78 is 1.84. The van der Waals surface area contributed by atoms with Gasteiger partial charge in [0.05, 0.1) is 11.8 Å². The van der Waals surface area contributed by atoms with Crippen molar-refractivity contribution in [2.24, 2.45) is 5.92 Å². The van der Waals surface area contributed by atoms with Crippen molar-refractivity contribution < 1.29 is 9.90 Å². The molecule has 1 aromatic heterocycles. The SMILES string of the molecule is CCn1nccc1/C=C/C(=O)N(C)CC1CCCCC1O. The van der Waals surface area contributed by atoms with Crippen LogP contribution in [0.4, 0.5) is 0 Å². The summed E-state index contributed by atoms with van der Waals surface area (Å²) in [5.41, 5.74) is 0.928. The Balaban J connectivity index is 1.90. The van der Waals surface area contributed by atoms with Crippen molar-refractivity contribution in [1.29, 1.82) is 0 Å². The first-order valence-electron chi connectivity index (χ1n) is 7.75. The Kier molecular flexibility index (Phi) is 5.56. The number of aromatic nitrogens is 2. The third-order valence-corrected chi connectivity index (χ3v) is 4.20. The van der Waals surface area contributed by atoms with E-state index < -0.39 is 0 Å². The summed E-state index contributed by atoms with van der Waals surface area (Å²) in [5.74, 6) is 0.180. The number of aryl methyl sites for hydroxylation is 1. The lowest BCUT2D eigenvalue weighted by Crippen LogP contribution is -2.37. The Morgan fingerprint density at radius 2 is 2.29 bits per heavy atom. The monoisotopic (exact) mass is 291 g/mol. The minimum Gasteiger partial charge on any atom is -0.393 e. The van der Waals surface area contributed by atoms with E-state index in [0.717, 1.165) is 37.9 Å². The summed E-state index contributed by atoms with van der Waals surface area (Å²) in [7, 11) is 1.80. The normalized spacial score (nSPS) is 22.6. The number of hydrogen-bond donors (Lipinski definition) is 1. The molecule has 1 fully saturated rings. The molecule has 1 amide bonds. The molecule has 2 atom stereocenters. The van der Waals surface area contributed by atoms with E-state index in [1.807, 2.05) is 17.7 Å². The highest BCUT2D eigenvalue weighted by Crippen LogP contribution is 2.24. The third kappa shape index (κ3) is 4.17. The summed E-state index contributed by atoms with van der Waals surface area (Å²) in [6.45, 7) is 3.42. The third-order valence-electron chi connectivity index (χ3n) is 4.20. The predicted octanol–water partition coefficient (Wildman–Crippen LogP) is 1.93. The zero-order valence-corrected chi connectivity index (χ0v) is 12.9. The molecule has 2 rings (SSSR count). The van der Waals surface area contributed by atoms with Gasteiger partial charge in [0, 0.05) is 38.3 Å². The second kappa shape index (κ2) is 7.41. The second-order valence-electron chi connectivity index (χ2n) is 5.74. The molecular formula is C16H25N3O2. The largest absolute Gasteiger partial charge is 0.393 e. The molecular weight excluding hydrogens is 266 g/mol. The first kappa shape index (κ1) is 15.8. The van der Waals surface area contributed by atoms with Crippen molar-refractivity contribution in [2.75, 3.05) is 13.6 Å². The van der Waals surface area contributed by atoms with Crippen molar-refractivity contribution in [2.45, 2.75) is 45.3 Å². The Hall–Kier alpha value is -1.62. The van der Waals surface area contributed by atoms with Crippen LogP contribution in [0.1, 0.15) is 38.3 Å². The quantitative estimate of drug-likeness (QED) is 0.843. The molecule has 0 radical (unpaired) electrons. The van der Waals surface area contributed by atoms with Crippen molar-refractivity contribution >= 4 is 12.0 Å². The zero-order valence-electron chi connectivity index (χ0n) is 12.9. The van der Waals surface area contributed by atoms with Gasteiger partial charge in [0.25, 0.3) is 0 Å². The number of likely N-dealkylation sites (N-methyl/N-ethyl adjacent to an activating group) is 1. The van der Waals surface area contributed by atoms with Crippen LogP contribution >= 0.6 is 0 Å². The summed E-state index contributed by atoms with van der Waals surface area (Å²) in [4.78, 5) is 13.8. The molecule has 5 nitrogen and oxygen atoms in total. The van der Waals surface area contributed by atoms with E-state index in [9.17, 15) is 9.90 Å². The van der Waals surface area contributed by atoms with Gasteiger partial charge < -0.3 is 10.0 Å². The fourth-order valence-corrected chi connectivity index (χ4v) is 2.88. The van der Waals surface area contributed by atoms with E-state index in [2.05, 4.69) is 5.10 Å². The van der Waals surface area contributed by atoms with Crippen LogP contribution in [0, 0.1) is 5.92 Å². The Morgan fingerprint density at radius 1 is 1.52 bits per heavy atom. The number of aliphatic hydroxyl groups is 1. The Labute approximate surface area is 126 Å². The first-order chi connectivity index (χ1) is 10.1. The van der Waals surface area contributed by atoms with Gasteiger partial charge in [-0.15, -0.1) is 0 Å². The van der Waals surface area contributed by atoms with Crippen molar-refractivity contribution in [3.05, 3.63) is 24.0 Å². The molecule has 1 aromatic rings. The molecule has 1 aliphatic rings. The van der Waals surface area contributed by atoms with Gasteiger partial charge in [0.15, 0.2) is 0 Å². The number of aliphatic hydroxyl groups excluding tert-OH is 1. The lowest BCUT2D eigenvalue weighted by atomic mass is 9.86. The number of rotatable bonds is 5. The van der Waals surface area contributed by atoms with Crippen LogP contribution in [0.25, 0.3) is 6.08 Å². The van der Waals surface area contributed by atoms with Crippen LogP contribution < -0.4 is 0 Å². The Bertz CT molecular complexity index is 495. The van der Waals surface area contributed by atoms with Crippen molar-refractivity contribution in [1.82, 2.24) is 14.7 Å². The van der Waals surface area contributed by atoms with E-state index in [-0.39, 0.29) is 17.9 Å². The summed E-state index contributed by atoms with van der Waals surface area (Å²) >= 11 is 0. The van der Waals surface area contributed by atoms with Crippen LogP contribution in [0.2, 0.25) is 0 Å². The van der Waals surface area contributed by atoms with E-state index in [1.165, 1.54) is 0 Å². The van der Waals surface area contributed by atoms with E-state index >= 15 is 0 Å². The standard InChI is InChI=1S/C16H25N3O2/c1-3-19-14(10-11-17-19)8-9-16(21)18(2)12-13-6-4-5-7-15(13)20/h8-11,13,15,20H,3-7,12H2,1-2H3/b9-8+. The summed E-state index contributed by atoms with van der Waals surface area (Å²) in [5, 5.41) is 14.1. The number of carbonyl (C=O) groups is 1. The Morgan fingerprint density at radius 3 is 3.00 bits per heavy atom. The van der Waals surface area contributed by atoms with Crippen LogP contribution in [0.3, 0.4) is 0 Å². The first-order valence-corrected chi connectivity index (χ1v) is 7.75. The van der Waals surface area contributed by atoms with Crippen LogP contribution in [0.15, 0.2) is 18.3 Å². The zero-order chi connectivity index (χ0) is 15.2. The average molecular weight is 291 g/mol. The summed E-state index contributed by atoms with van der Waals surface area (Å²) in [6.07, 6.45) is 8.95.